The number of carboxylic acids is 1. The van der Waals surface area contributed by atoms with Crippen molar-refractivity contribution >= 4 is 51.1 Å². The average molecular weight is 634 g/mol. The Bertz CT molecular complexity index is 1710. The topological polar surface area (TPSA) is 81.2 Å². The second-order valence-corrected chi connectivity index (χ2v) is 13.6. The van der Waals surface area contributed by atoms with Gasteiger partial charge in [0.1, 0.15) is 5.54 Å². The van der Waals surface area contributed by atoms with Crippen LogP contribution in [0.25, 0.3) is 12.2 Å². The van der Waals surface area contributed by atoms with Crippen molar-refractivity contribution in [2.45, 2.75) is 43.4 Å². The number of halogens is 4. The summed E-state index contributed by atoms with van der Waals surface area (Å²) in [4.78, 5) is 16.0. The number of benzene rings is 3. The zero-order chi connectivity index (χ0) is 31.3. The van der Waals surface area contributed by atoms with E-state index in [1.165, 1.54) is 34.7 Å². The summed E-state index contributed by atoms with van der Waals surface area (Å²) in [5.74, 6) is -0.968. The highest BCUT2D eigenvalue weighted by Crippen LogP contribution is 2.42. The molecule has 0 unspecified atom stereocenters. The number of rotatable bonds is 6. The van der Waals surface area contributed by atoms with E-state index in [4.69, 9.17) is 11.6 Å². The predicted molar refractivity (Wildman–Crippen MR) is 162 cm³/mol. The van der Waals surface area contributed by atoms with E-state index in [9.17, 15) is 31.5 Å². The number of anilines is 2. The van der Waals surface area contributed by atoms with Crippen molar-refractivity contribution in [3.05, 3.63) is 87.9 Å². The van der Waals surface area contributed by atoms with Crippen molar-refractivity contribution in [2.24, 2.45) is 0 Å². The summed E-state index contributed by atoms with van der Waals surface area (Å²) in [7, 11) is -4.06. The summed E-state index contributed by atoms with van der Waals surface area (Å²) >= 11 is 6.13. The first-order valence-electron chi connectivity index (χ1n) is 13.6. The maximum atomic E-state index is 14.1. The van der Waals surface area contributed by atoms with Gasteiger partial charge in [0, 0.05) is 30.2 Å². The Morgan fingerprint density at radius 3 is 2.37 bits per heavy atom. The minimum absolute atomic E-state index is 0.0577. The number of piperazine rings is 1. The summed E-state index contributed by atoms with van der Waals surface area (Å²) in [6, 6.07) is 14.9. The van der Waals surface area contributed by atoms with E-state index in [0.29, 0.717) is 36.6 Å². The van der Waals surface area contributed by atoms with Gasteiger partial charge in [0.15, 0.2) is 0 Å². The van der Waals surface area contributed by atoms with E-state index in [1.807, 2.05) is 4.90 Å². The first kappa shape index (κ1) is 30.9. The molecule has 0 spiro atoms. The second-order valence-electron chi connectivity index (χ2n) is 11.3. The van der Waals surface area contributed by atoms with Gasteiger partial charge in [-0.3, -0.25) is 14.0 Å². The minimum Gasteiger partial charge on any atom is -0.480 e. The third-order valence-corrected chi connectivity index (χ3v) is 10.2. The molecule has 228 valence electrons. The van der Waals surface area contributed by atoms with Gasteiger partial charge in [0.2, 0.25) is 0 Å². The van der Waals surface area contributed by atoms with Crippen molar-refractivity contribution < 1.29 is 31.5 Å². The summed E-state index contributed by atoms with van der Waals surface area (Å²) in [6.07, 6.45) is -1.84. The standard InChI is InChI=1S/C31H31ClF3N3O4S/c1-20-6-4-7-23(16-20)43(41,42)38-19-22-18-36(30(2,3)29(39)40)14-15-37(22)27-13-11-21(17-28(27)38)10-12-24-25(31(33,34)35)8-5-9-26(24)32/h4-13,16-17,22H,14-15,18-19H2,1-3H3,(H,39,40)/b12-10+/t22-/m0/s1. The molecule has 7 nitrogen and oxygen atoms in total. The molecule has 3 aromatic carbocycles. The van der Waals surface area contributed by atoms with Crippen LogP contribution in [0.4, 0.5) is 24.5 Å². The van der Waals surface area contributed by atoms with Gasteiger partial charge in [0.25, 0.3) is 10.0 Å². The average Bonchev–Trinajstić information content (AvgIpc) is 2.94. The number of carbonyl (C=O) groups is 1. The van der Waals surface area contributed by atoms with Gasteiger partial charge in [0.05, 0.1) is 34.4 Å². The summed E-state index contributed by atoms with van der Waals surface area (Å²) in [5.41, 5.74) is 0.0880. The fraction of sp³-hybridized carbons (Fsp3) is 0.323. The first-order valence-corrected chi connectivity index (χ1v) is 15.4. The number of nitrogens with zero attached hydrogens (tertiary/aromatic N) is 3. The second kappa shape index (κ2) is 11.2. The van der Waals surface area contributed by atoms with E-state index in [1.54, 1.807) is 57.2 Å². The molecule has 1 atom stereocenters. The van der Waals surface area contributed by atoms with E-state index in [-0.39, 0.29) is 28.1 Å². The van der Waals surface area contributed by atoms with Gasteiger partial charge in [-0.2, -0.15) is 13.2 Å². The highest BCUT2D eigenvalue weighted by molar-refractivity contribution is 7.92. The quantitative estimate of drug-likeness (QED) is 0.317. The van der Waals surface area contributed by atoms with Crippen LogP contribution in [-0.4, -0.2) is 62.2 Å². The monoisotopic (exact) mass is 633 g/mol. The van der Waals surface area contributed by atoms with Crippen LogP contribution in [0.15, 0.2) is 65.6 Å². The molecular weight excluding hydrogens is 603 g/mol. The van der Waals surface area contributed by atoms with Crippen LogP contribution in [0.2, 0.25) is 5.02 Å². The molecule has 1 N–H and O–H groups in total. The Morgan fingerprint density at radius 2 is 1.70 bits per heavy atom. The molecule has 0 saturated carbocycles. The molecule has 0 bridgehead atoms. The molecule has 5 rings (SSSR count). The first-order chi connectivity index (χ1) is 20.1. The SMILES string of the molecule is Cc1cccc(S(=O)(=O)N2C[C@@H]3CN(C(C)(C)C(=O)O)CCN3c3ccc(/C=C/c4c(Cl)cccc4C(F)(F)F)cc32)c1. The Hall–Kier alpha value is -3.54. The highest BCUT2D eigenvalue weighted by atomic mass is 35.5. The lowest BCUT2D eigenvalue weighted by atomic mass is 9.97. The molecular formula is C31H31ClF3N3O4S. The summed E-state index contributed by atoms with van der Waals surface area (Å²) in [6.45, 7) is 6.36. The number of alkyl halides is 3. The van der Waals surface area contributed by atoms with E-state index in [2.05, 4.69) is 4.90 Å². The molecule has 2 heterocycles. The molecule has 0 aromatic heterocycles. The van der Waals surface area contributed by atoms with Crippen molar-refractivity contribution in [3.63, 3.8) is 0 Å². The maximum Gasteiger partial charge on any atom is 0.417 e. The van der Waals surface area contributed by atoms with Crippen LogP contribution >= 0.6 is 11.6 Å². The summed E-state index contributed by atoms with van der Waals surface area (Å²) in [5, 5.41) is 9.75. The van der Waals surface area contributed by atoms with Crippen LogP contribution in [0.1, 0.15) is 36.1 Å². The number of fused-ring (bicyclic) bond motifs is 3. The van der Waals surface area contributed by atoms with Gasteiger partial charge in [-0.05, 0) is 68.3 Å². The fourth-order valence-corrected chi connectivity index (χ4v) is 7.46. The van der Waals surface area contributed by atoms with Crippen LogP contribution < -0.4 is 9.21 Å². The number of sulfonamides is 1. The maximum absolute atomic E-state index is 14.1. The van der Waals surface area contributed by atoms with Gasteiger partial charge >= 0.3 is 12.1 Å². The molecule has 0 aliphatic carbocycles. The minimum atomic E-state index is -4.61. The zero-order valence-corrected chi connectivity index (χ0v) is 25.3. The van der Waals surface area contributed by atoms with Crippen molar-refractivity contribution in [2.75, 3.05) is 35.4 Å². The Balaban J connectivity index is 1.59. The number of aryl methyl sites for hydroxylation is 1. The molecule has 3 aromatic rings. The zero-order valence-electron chi connectivity index (χ0n) is 23.8. The third-order valence-electron chi connectivity index (χ3n) is 8.13. The van der Waals surface area contributed by atoms with Crippen LogP contribution in [0.5, 0.6) is 0 Å². The van der Waals surface area contributed by atoms with Gasteiger partial charge < -0.3 is 10.0 Å². The van der Waals surface area contributed by atoms with Gasteiger partial charge in [-0.25, -0.2) is 8.42 Å². The number of aliphatic carboxylic acids is 1. The molecule has 0 radical (unpaired) electrons. The van der Waals surface area contributed by atoms with E-state index < -0.39 is 33.3 Å². The molecule has 2 aliphatic heterocycles. The van der Waals surface area contributed by atoms with Crippen molar-refractivity contribution in [1.82, 2.24) is 4.90 Å². The molecule has 1 saturated heterocycles. The Kier molecular flexibility index (Phi) is 8.04. The molecule has 43 heavy (non-hydrogen) atoms. The van der Waals surface area contributed by atoms with Gasteiger partial charge in [-0.15, -0.1) is 0 Å². The van der Waals surface area contributed by atoms with Crippen LogP contribution in [0.3, 0.4) is 0 Å². The normalized spacial score (nSPS) is 18.1. The fourth-order valence-electron chi connectivity index (χ4n) is 5.61. The van der Waals surface area contributed by atoms with Crippen molar-refractivity contribution in [3.8, 4) is 0 Å². The van der Waals surface area contributed by atoms with E-state index in [0.717, 1.165) is 11.6 Å². The van der Waals surface area contributed by atoms with Crippen LogP contribution in [-0.2, 0) is 21.0 Å². The lowest BCUT2D eigenvalue weighted by Gasteiger charge is -2.51. The molecule has 2 aliphatic rings. The number of hydrogen-bond acceptors (Lipinski definition) is 5. The lowest BCUT2D eigenvalue weighted by Crippen LogP contribution is -2.65. The molecule has 1 fully saturated rings. The molecule has 0 amide bonds. The van der Waals surface area contributed by atoms with E-state index >= 15 is 0 Å². The predicted octanol–water partition coefficient (Wildman–Crippen LogP) is 6.40. The molecule has 12 heteroatoms. The van der Waals surface area contributed by atoms with Crippen molar-refractivity contribution in [1.29, 1.82) is 0 Å². The summed E-state index contributed by atoms with van der Waals surface area (Å²) < 4.78 is 70.4. The number of carboxylic acid groups (broad SMARTS) is 1. The smallest absolute Gasteiger partial charge is 0.417 e. The lowest BCUT2D eigenvalue weighted by molar-refractivity contribution is -0.150. The largest absolute Gasteiger partial charge is 0.480 e. The van der Waals surface area contributed by atoms with Crippen LogP contribution in [0, 0.1) is 6.92 Å². The highest BCUT2D eigenvalue weighted by Gasteiger charge is 2.44. The Labute approximate surface area is 253 Å². The Morgan fingerprint density at radius 1 is 0.977 bits per heavy atom. The third kappa shape index (κ3) is 5.85. The van der Waals surface area contributed by atoms with Gasteiger partial charge in [-0.1, -0.05) is 48.0 Å². The number of hydrogen-bond donors (Lipinski definition) is 1.